The first kappa shape index (κ1) is 15.1. The molecule has 0 aliphatic heterocycles. The van der Waals surface area contributed by atoms with Crippen LogP contribution in [0, 0.1) is 17.8 Å². The van der Waals surface area contributed by atoms with Crippen LogP contribution in [-0.4, -0.2) is 20.1 Å². The van der Waals surface area contributed by atoms with E-state index in [-0.39, 0.29) is 5.75 Å². The van der Waals surface area contributed by atoms with Gasteiger partial charge in [0, 0.05) is 5.56 Å². The molecule has 0 radical (unpaired) electrons. The summed E-state index contributed by atoms with van der Waals surface area (Å²) in [6, 6.07) is 7.63. The molecule has 1 fully saturated rings. The standard InChI is InChI=1S/C18H25N3O/c1-12(2)16-8-7-13(3)9-18(16)21-11-17(19-20-21)14-5-4-6-15(22)10-14/h4-6,10-13,16,18,22H,7-9H2,1-3H3/t13-,16+,18-/m1/s1. The van der Waals surface area contributed by atoms with Crippen molar-refractivity contribution in [1.82, 2.24) is 15.0 Å². The fourth-order valence-corrected chi connectivity index (χ4v) is 3.69. The molecule has 0 spiro atoms. The van der Waals surface area contributed by atoms with Crippen LogP contribution in [0.1, 0.15) is 46.1 Å². The summed E-state index contributed by atoms with van der Waals surface area (Å²) in [6.45, 7) is 6.94. The third-order valence-electron chi connectivity index (χ3n) is 4.98. The van der Waals surface area contributed by atoms with Crippen molar-refractivity contribution in [1.29, 1.82) is 0 Å². The van der Waals surface area contributed by atoms with Crippen molar-refractivity contribution in [2.75, 3.05) is 0 Å². The van der Waals surface area contributed by atoms with Crippen LogP contribution in [-0.2, 0) is 0 Å². The minimum absolute atomic E-state index is 0.262. The van der Waals surface area contributed by atoms with Crippen LogP contribution in [0.3, 0.4) is 0 Å². The van der Waals surface area contributed by atoms with Gasteiger partial charge in [0.1, 0.15) is 11.4 Å². The maximum atomic E-state index is 9.62. The predicted molar refractivity (Wildman–Crippen MR) is 87.5 cm³/mol. The van der Waals surface area contributed by atoms with Gasteiger partial charge in [-0.3, -0.25) is 0 Å². The monoisotopic (exact) mass is 299 g/mol. The molecule has 4 heteroatoms. The molecular formula is C18H25N3O. The van der Waals surface area contributed by atoms with Gasteiger partial charge in [-0.1, -0.05) is 44.5 Å². The van der Waals surface area contributed by atoms with Gasteiger partial charge in [-0.25, -0.2) is 4.68 Å². The van der Waals surface area contributed by atoms with Crippen molar-refractivity contribution in [3.05, 3.63) is 30.5 Å². The van der Waals surface area contributed by atoms with Crippen LogP contribution in [0.15, 0.2) is 30.5 Å². The lowest BCUT2D eigenvalue weighted by Crippen LogP contribution is -2.30. The molecule has 1 aliphatic carbocycles. The van der Waals surface area contributed by atoms with Gasteiger partial charge in [-0.05, 0) is 42.7 Å². The van der Waals surface area contributed by atoms with Crippen LogP contribution < -0.4 is 0 Å². The molecule has 2 aromatic rings. The zero-order valence-electron chi connectivity index (χ0n) is 13.6. The summed E-state index contributed by atoms with van der Waals surface area (Å²) in [7, 11) is 0. The first-order valence-corrected chi connectivity index (χ1v) is 8.26. The fraction of sp³-hybridized carbons (Fsp3) is 0.556. The van der Waals surface area contributed by atoms with Crippen molar-refractivity contribution in [2.24, 2.45) is 17.8 Å². The Bertz CT molecular complexity index is 635. The second kappa shape index (κ2) is 6.11. The SMILES string of the molecule is CC(C)[C@@H]1CC[C@@H](C)C[C@H]1n1cc(-c2cccc(O)c2)nn1. The Labute approximate surface area is 132 Å². The lowest BCUT2D eigenvalue weighted by atomic mass is 9.74. The van der Waals surface area contributed by atoms with Crippen LogP contribution in [0.2, 0.25) is 0 Å². The van der Waals surface area contributed by atoms with E-state index in [0.717, 1.165) is 17.2 Å². The number of nitrogens with zero attached hydrogens (tertiary/aromatic N) is 3. The molecule has 1 aromatic heterocycles. The summed E-state index contributed by atoms with van der Waals surface area (Å²) in [4.78, 5) is 0. The number of hydrogen-bond donors (Lipinski definition) is 1. The largest absolute Gasteiger partial charge is 0.508 e. The average molecular weight is 299 g/mol. The third kappa shape index (κ3) is 3.01. The van der Waals surface area contributed by atoms with Crippen LogP contribution in [0.4, 0.5) is 0 Å². The lowest BCUT2D eigenvalue weighted by Gasteiger charge is -2.37. The smallest absolute Gasteiger partial charge is 0.116 e. The van der Waals surface area contributed by atoms with Crippen molar-refractivity contribution >= 4 is 0 Å². The highest BCUT2D eigenvalue weighted by Crippen LogP contribution is 2.40. The Morgan fingerprint density at radius 3 is 2.82 bits per heavy atom. The second-order valence-corrected chi connectivity index (χ2v) is 7.03. The Hall–Kier alpha value is -1.84. The molecule has 118 valence electrons. The number of aromatic nitrogens is 3. The van der Waals surface area contributed by atoms with Gasteiger partial charge in [0.15, 0.2) is 0 Å². The average Bonchev–Trinajstić information content (AvgIpc) is 2.96. The second-order valence-electron chi connectivity index (χ2n) is 7.03. The van der Waals surface area contributed by atoms with Gasteiger partial charge >= 0.3 is 0 Å². The van der Waals surface area contributed by atoms with E-state index in [1.807, 2.05) is 18.3 Å². The van der Waals surface area contributed by atoms with Crippen molar-refractivity contribution in [2.45, 2.75) is 46.1 Å². The van der Waals surface area contributed by atoms with Crippen molar-refractivity contribution in [3.63, 3.8) is 0 Å². The van der Waals surface area contributed by atoms with E-state index in [4.69, 9.17) is 0 Å². The quantitative estimate of drug-likeness (QED) is 0.920. The Kier molecular flexibility index (Phi) is 4.19. The van der Waals surface area contributed by atoms with Gasteiger partial charge in [-0.15, -0.1) is 5.10 Å². The molecule has 0 saturated heterocycles. The van der Waals surface area contributed by atoms with Crippen molar-refractivity contribution in [3.8, 4) is 17.0 Å². The maximum Gasteiger partial charge on any atom is 0.116 e. The fourth-order valence-electron chi connectivity index (χ4n) is 3.69. The Balaban J connectivity index is 1.88. The van der Waals surface area contributed by atoms with Crippen LogP contribution in [0.5, 0.6) is 5.75 Å². The number of aromatic hydroxyl groups is 1. The Morgan fingerprint density at radius 2 is 2.09 bits per heavy atom. The molecule has 1 aliphatic rings. The van der Waals surface area contributed by atoms with Gasteiger partial charge in [0.25, 0.3) is 0 Å². The number of phenols is 1. The zero-order valence-corrected chi connectivity index (χ0v) is 13.6. The molecule has 3 atom stereocenters. The maximum absolute atomic E-state index is 9.62. The summed E-state index contributed by atoms with van der Waals surface area (Å²) in [6.07, 6.45) is 5.79. The Morgan fingerprint density at radius 1 is 1.27 bits per heavy atom. The highest BCUT2D eigenvalue weighted by Gasteiger charge is 2.32. The number of hydrogen-bond acceptors (Lipinski definition) is 3. The molecule has 1 aromatic carbocycles. The molecule has 1 heterocycles. The number of phenolic OH excluding ortho intramolecular Hbond substituents is 1. The van der Waals surface area contributed by atoms with E-state index >= 15 is 0 Å². The summed E-state index contributed by atoms with van der Waals surface area (Å²) in [5.74, 6) is 2.33. The summed E-state index contributed by atoms with van der Waals surface area (Å²) < 4.78 is 2.06. The molecular weight excluding hydrogens is 274 g/mol. The van der Waals surface area contributed by atoms with Gasteiger partial charge in [0.2, 0.25) is 0 Å². The molecule has 3 rings (SSSR count). The topological polar surface area (TPSA) is 50.9 Å². The molecule has 4 nitrogen and oxygen atoms in total. The minimum atomic E-state index is 0.262. The molecule has 0 unspecified atom stereocenters. The predicted octanol–water partition coefficient (Wildman–Crippen LogP) is 4.28. The molecule has 1 saturated carbocycles. The van der Waals surface area contributed by atoms with Crippen LogP contribution >= 0.6 is 0 Å². The summed E-state index contributed by atoms with van der Waals surface area (Å²) in [5.41, 5.74) is 1.74. The van der Waals surface area contributed by atoms with E-state index in [1.54, 1.807) is 12.1 Å². The first-order chi connectivity index (χ1) is 10.5. The normalized spacial score (nSPS) is 25.5. The number of benzene rings is 1. The highest BCUT2D eigenvalue weighted by molar-refractivity contribution is 5.59. The lowest BCUT2D eigenvalue weighted by molar-refractivity contribution is 0.137. The molecule has 1 N–H and O–H groups in total. The van der Waals surface area contributed by atoms with E-state index in [0.29, 0.717) is 17.9 Å². The van der Waals surface area contributed by atoms with Gasteiger partial charge in [0.05, 0.1) is 12.2 Å². The number of rotatable bonds is 3. The molecule has 0 bridgehead atoms. The zero-order chi connectivity index (χ0) is 15.7. The third-order valence-corrected chi connectivity index (χ3v) is 4.98. The molecule has 0 amide bonds. The van der Waals surface area contributed by atoms with E-state index in [2.05, 4.69) is 35.8 Å². The first-order valence-electron chi connectivity index (χ1n) is 8.26. The summed E-state index contributed by atoms with van der Waals surface area (Å²) in [5, 5.41) is 18.3. The van der Waals surface area contributed by atoms with Crippen LogP contribution in [0.25, 0.3) is 11.3 Å². The van der Waals surface area contributed by atoms with Gasteiger partial charge in [-0.2, -0.15) is 0 Å². The minimum Gasteiger partial charge on any atom is -0.508 e. The van der Waals surface area contributed by atoms with Crippen molar-refractivity contribution < 1.29 is 5.11 Å². The highest BCUT2D eigenvalue weighted by atomic mass is 16.3. The van der Waals surface area contributed by atoms with E-state index < -0.39 is 0 Å². The summed E-state index contributed by atoms with van der Waals surface area (Å²) >= 11 is 0. The van der Waals surface area contributed by atoms with E-state index in [9.17, 15) is 5.11 Å². The van der Waals surface area contributed by atoms with E-state index in [1.165, 1.54) is 19.3 Å². The van der Waals surface area contributed by atoms with Gasteiger partial charge < -0.3 is 5.11 Å². The molecule has 22 heavy (non-hydrogen) atoms.